The number of ether oxygens (including phenoxy) is 8. The molecule has 0 radical (unpaired) electrons. The topological polar surface area (TPSA) is 572 Å². The number of pyridine rings is 3. The lowest BCUT2D eigenvalue weighted by atomic mass is 9.89. The van der Waals surface area contributed by atoms with Gasteiger partial charge < -0.3 is 100 Å². The quantitative estimate of drug-likeness (QED) is 0.0178. The number of carbonyl (C=O) groups is 4. The van der Waals surface area contributed by atoms with Crippen LogP contribution >= 0.6 is 0 Å². The number of hydrogen-bond donors (Lipinski definition) is 8. The summed E-state index contributed by atoms with van der Waals surface area (Å²) in [6.07, 6.45) is 26.1. The number of rotatable bonds is 40. The molecule has 44 nitrogen and oxygen atoms in total. The van der Waals surface area contributed by atoms with Gasteiger partial charge in [0.2, 0.25) is 23.5 Å². The SMILES string of the molecule is CC(C)CNC(=O)c1nc(OCC2CC2(C)F)nc(N2CCC(COc3cncnc3N)CC2)n1.COC[C@@H](C)Oc1nc(C(=O)NC(C)CS(C)(=O)=O)cc(N2CCC(c3c[nH]c4ncccc34)CC2)n1.COC[C@@H](C)Oc1nc(C(=O)NC(C)CS(C)(=O)=O)cc(N2CCC(c3c[nH]c4ncccc34)CC2)n1.C[C@@H](NC(=O)c1nc(OC[C@H]2C[C@H]2C#N)nc(N2CCC(COc3cnccc3N)CC2)n1)C1CC1. The highest BCUT2D eigenvalue weighted by Gasteiger charge is 2.52. The van der Waals surface area contributed by atoms with E-state index in [1.165, 1.54) is 17.5 Å². The number of anilines is 6. The van der Waals surface area contributed by atoms with Gasteiger partial charge in [0.25, 0.3) is 23.6 Å². The van der Waals surface area contributed by atoms with Crippen molar-refractivity contribution in [3.8, 4) is 41.6 Å². The molecular weight excluding hydrogens is 1910 g/mol. The molecule has 145 heavy (non-hydrogen) atoms. The normalized spacial score (nSPS) is 19.3. The summed E-state index contributed by atoms with van der Waals surface area (Å²) in [6, 6.07) is 14.6. The van der Waals surface area contributed by atoms with Crippen molar-refractivity contribution < 1.29 is 78.3 Å². The summed E-state index contributed by atoms with van der Waals surface area (Å²) in [5.74, 6) is 3.72. The lowest BCUT2D eigenvalue weighted by Crippen LogP contribution is -2.38. The fraction of sp³-hybridized carbons (Fsp3) is 0.571. The maximum atomic E-state index is 13.9. The summed E-state index contributed by atoms with van der Waals surface area (Å²) >= 11 is 0. The number of piperidine rings is 4. The Kier molecular flexibility index (Phi) is 36.5. The molecule has 10 aromatic heterocycles. The fourth-order valence-electron chi connectivity index (χ4n) is 17.7. The first kappa shape index (κ1) is 107. The minimum absolute atomic E-state index is 0.00512. The Balaban J connectivity index is 0.000000153. The number of H-pyrrole nitrogens is 2. The van der Waals surface area contributed by atoms with Gasteiger partial charge in [-0.05, 0) is 196 Å². The number of alkyl halides is 1. The van der Waals surface area contributed by atoms with E-state index in [2.05, 4.69) is 139 Å². The second-order valence-electron chi connectivity index (χ2n) is 39.2. The van der Waals surface area contributed by atoms with Gasteiger partial charge in [0.1, 0.15) is 78.2 Å². The van der Waals surface area contributed by atoms with E-state index in [1.807, 2.05) is 64.0 Å². The van der Waals surface area contributed by atoms with Crippen molar-refractivity contribution in [2.24, 2.45) is 41.4 Å². The number of nitrogens with zero attached hydrogens (tertiary/aromatic N) is 20. The fourth-order valence-corrected chi connectivity index (χ4v) is 19.7. The zero-order valence-corrected chi connectivity index (χ0v) is 85.7. The Morgan fingerprint density at radius 1 is 0.545 bits per heavy atom. The van der Waals surface area contributed by atoms with Crippen LogP contribution in [0.25, 0.3) is 22.1 Å². The average molecular weight is 2040 g/mol. The van der Waals surface area contributed by atoms with E-state index in [4.69, 9.17) is 54.6 Å². The number of nitrogens with one attached hydrogen (secondary N) is 6. The van der Waals surface area contributed by atoms with Crippen LogP contribution in [-0.2, 0) is 29.1 Å². The van der Waals surface area contributed by atoms with Crippen LogP contribution in [-0.4, -0.2) is 298 Å². The van der Waals surface area contributed by atoms with E-state index in [9.17, 15) is 40.4 Å². The molecule has 14 heterocycles. The predicted molar refractivity (Wildman–Crippen MR) is 540 cm³/mol. The predicted octanol–water partition coefficient (Wildman–Crippen LogP) is 8.89. The summed E-state index contributed by atoms with van der Waals surface area (Å²) < 4.78 is 106. The Morgan fingerprint density at radius 2 is 1.01 bits per heavy atom. The number of nitriles is 1. The number of nitrogens with two attached hydrogens (primary N) is 2. The van der Waals surface area contributed by atoms with Gasteiger partial charge in [-0.15, -0.1) is 0 Å². The van der Waals surface area contributed by atoms with Crippen molar-refractivity contribution in [2.45, 2.75) is 180 Å². The van der Waals surface area contributed by atoms with E-state index in [1.54, 1.807) is 84.2 Å². The number of fused-ring (bicyclic) bond motifs is 2. The largest absolute Gasteiger partial charge is 0.490 e. The third-order valence-electron chi connectivity index (χ3n) is 26.1. The molecule has 4 aliphatic heterocycles. The molecule has 0 spiro atoms. The van der Waals surface area contributed by atoms with Crippen LogP contribution in [0.15, 0.2) is 92.2 Å². The molecule has 0 aromatic carbocycles. The van der Waals surface area contributed by atoms with Crippen LogP contribution in [0.2, 0.25) is 0 Å². The van der Waals surface area contributed by atoms with Gasteiger partial charge in [-0.1, -0.05) is 13.8 Å². The van der Waals surface area contributed by atoms with Gasteiger partial charge in [0, 0.05) is 169 Å². The Bertz CT molecular complexity index is 6130. The zero-order valence-electron chi connectivity index (χ0n) is 84.1. The molecule has 3 saturated carbocycles. The molecule has 0 bridgehead atoms. The van der Waals surface area contributed by atoms with Crippen LogP contribution in [0.4, 0.5) is 39.4 Å². The summed E-state index contributed by atoms with van der Waals surface area (Å²) in [5.41, 5.74) is 15.7. The summed E-state index contributed by atoms with van der Waals surface area (Å²) in [7, 11) is -3.34. The summed E-state index contributed by atoms with van der Waals surface area (Å²) in [4.78, 5) is 131. The molecule has 4 saturated heterocycles. The van der Waals surface area contributed by atoms with Crippen LogP contribution in [0.5, 0.6) is 35.5 Å². The molecule has 17 rings (SSSR count). The monoisotopic (exact) mass is 2040 g/mol. The highest BCUT2D eigenvalue weighted by Crippen LogP contribution is 2.47. The second-order valence-corrected chi connectivity index (χ2v) is 43.6. The lowest BCUT2D eigenvalue weighted by molar-refractivity contribution is 0.0842. The molecule has 47 heteroatoms. The highest BCUT2D eigenvalue weighted by molar-refractivity contribution is 7.91. The maximum Gasteiger partial charge on any atom is 0.321 e. The summed E-state index contributed by atoms with van der Waals surface area (Å²) in [6.45, 7) is 23.0. The van der Waals surface area contributed by atoms with E-state index in [0.29, 0.717) is 135 Å². The number of aromatic nitrogens is 17. The molecule has 3 aliphatic carbocycles. The first-order valence-corrected chi connectivity index (χ1v) is 53.4. The van der Waals surface area contributed by atoms with Gasteiger partial charge in [0.05, 0.1) is 81.2 Å². The molecular formula is C98H133FN28O16S2. The van der Waals surface area contributed by atoms with E-state index in [-0.39, 0.29) is 119 Å². The molecule has 7 fully saturated rings. The van der Waals surface area contributed by atoms with Crippen molar-refractivity contribution in [3.63, 3.8) is 0 Å². The van der Waals surface area contributed by atoms with Crippen LogP contribution in [0, 0.1) is 52.8 Å². The standard InChI is InChI=1S/C25H32N8O3.2C25H34N6O5S.C23H33FN8O3/c1-15(17-2-3-17)29-23(34)22-30-24(32-25(31-22)36-14-19-10-18(19)11-26)33-8-5-16(6-9-33)13-35-21-12-28-7-4-20(21)27;2*1-16(15-37(4,33)34)28-24(32)21-12-22(30-25(29-21)36-17(2)14-35-3)31-10-7-18(8-11-31)20-13-27-23-19(20)6-5-9-26-23;1-14(2)9-27-20(33)19-29-21(31-22(30-19)35-12-16-8-23(16,3)24)32-6-4-15(5-7-32)11-34-17-10-26-13-28-18(17)25/h4,7,12,15-19H,2-3,5-6,8-10,13-14H2,1H3,(H2,27,28)(H,29,34);2*5-6,9,12-13,16-18H,7-8,10-11,14-15H2,1-4H3,(H,26,27)(H,28,32);10,13-16H,4-9,11-12H2,1-3H3,(H,27,33)(H2,25,26,28)/t15-,18+,19-;2*16?,17-;/m111./s1. The number of sulfone groups is 2. The Hall–Kier alpha value is -13.5. The number of carbonyl (C=O) groups excluding carboxylic acids is 4. The first-order chi connectivity index (χ1) is 69.5. The number of aromatic amines is 2. The Morgan fingerprint density at radius 3 is 1.46 bits per heavy atom. The Labute approximate surface area is 842 Å². The number of nitrogen functional groups attached to an aromatic ring is 2. The molecule has 4 amide bonds. The number of halogens is 1. The summed E-state index contributed by atoms with van der Waals surface area (Å²) in [5, 5.41) is 22.6. The minimum atomic E-state index is -3.25. The van der Waals surface area contributed by atoms with E-state index >= 15 is 0 Å². The second kappa shape index (κ2) is 49.4. The molecule has 9 atom stereocenters. The minimum Gasteiger partial charge on any atom is -0.490 e. The van der Waals surface area contributed by atoms with Crippen molar-refractivity contribution in [2.75, 3.05) is 168 Å². The van der Waals surface area contributed by atoms with Gasteiger partial charge in [-0.3, -0.25) is 24.2 Å². The number of amides is 4. The molecule has 10 aromatic rings. The van der Waals surface area contributed by atoms with Crippen LogP contribution in [0.3, 0.4) is 0 Å². The van der Waals surface area contributed by atoms with Crippen molar-refractivity contribution >= 4 is 100 Å². The molecule has 7 aliphatic rings. The highest BCUT2D eigenvalue weighted by atomic mass is 32.2. The van der Waals surface area contributed by atoms with Gasteiger partial charge in [-0.2, -0.15) is 55.1 Å². The smallest absolute Gasteiger partial charge is 0.321 e. The lowest BCUT2D eigenvalue weighted by Gasteiger charge is -2.33. The van der Waals surface area contributed by atoms with Crippen molar-refractivity contribution in [3.05, 3.63) is 126 Å². The zero-order chi connectivity index (χ0) is 103. The first-order valence-electron chi connectivity index (χ1n) is 49.3. The molecule has 780 valence electrons. The van der Waals surface area contributed by atoms with E-state index in [0.717, 1.165) is 144 Å². The van der Waals surface area contributed by atoms with Crippen LogP contribution < -0.4 is 80.8 Å². The van der Waals surface area contributed by atoms with Crippen LogP contribution in [0.1, 0.15) is 198 Å². The number of methoxy groups -OCH3 is 2. The van der Waals surface area contributed by atoms with Gasteiger partial charge in [-0.25, -0.2) is 41.2 Å². The molecule has 4 unspecified atom stereocenters. The van der Waals surface area contributed by atoms with Gasteiger partial charge in [0.15, 0.2) is 17.3 Å². The number of hydrogen-bond acceptors (Lipinski definition) is 38. The van der Waals surface area contributed by atoms with E-state index < -0.39 is 49.2 Å². The maximum absolute atomic E-state index is 13.9. The third kappa shape index (κ3) is 31.5. The van der Waals surface area contributed by atoms with Crippen molar-refractivity contribution in [1.29, 1.82) is 5.26 Å². The molecule has 10 N–H and O–H groups in total. The van der Waals surface area contributed by atoms with Crippen molar-refractivity contribution in [1.82, 2.24) is 106 Å². The average Bonchev–Trinajstić information content (AvgIpc) is 1.54. The third-order valence-corrected chi connectivity index (χ3v) is 28.3. The van der Waals surface area contributed by atoms with Gasteiger partial charge >= 0.3 is 24.0 Å².